The van der Waals surface area contributed by atoms with Crippen molar-refractivity contribution in [3.63, 3.8) is 0 Å². The van der Waals surface area contributed by atoms with Crippen LogP contribution in [0.1, 0.15) is 22.8 Å². The number of nitrogens with zero attached hydrogens (tertiary/aromatic N) is 1. The number of halogens is 2. The number of aliphatic hydroxyl groups excluding tert-OH is 1. The summed E-state index contributed by atoms with van der Waals surface area (Å²) in [4.78, 5) is 11.9. The highest BCUT2D eigenvalue weighted by atomic mass is 35.5. The van der Waals surface area contributed by atoms with E-state index in [-0.39, 0.29) is 10.6 Å². The van der Waals surface area contributed by atoms with Crippen molar-refractivity contribution in [1.82, 2.24) is 5.32 Å². The summed E-state index contributed by atoms with van der Waals surface area (Å²) in [5.74, 6) is -0.146. The predicted octanol–water partition coefficient (Wildman–Crippen LogP) is 3.43. The molecule has 4 nitrogen and oxygen atoms in total. The third-order valence-corrected chi connectivity index (χ3v) is 4.69. The fraction of sp³-hybridized carbons (Fsp3) is 0.222. The van der Waals surface area contributed by atoms with Gasteiger partial charge in [-0.1, -0.05) is 35.9 Å². The van der Waals surface area contributed by atoms with Crippen LogP contribution in [0.25, 0.3) is 0 Å². The second-order valence-electron chi connectivity index (χ2n) is 5.18. The topological polar surface area (TPSA) is 73.1 Å². The number of hydrogen-bond donors (Lipinski definition) is 2. The molecule has 2 aromatic rings. The standard InChI is InChI=1S/C18H16ClFN2O2S/c19-14-5-6-15(16(20)9-14)17(23)18(24)22-7-8-25-11-13-4-2-1-3-12(13)10-21/h1-6,9,17,23H,7-8,11H2,(H,22,24)/t17-/m1/s1. The maximum Gasteiger partial charge on any atom is 0.253 e. The summed E-state index contributed by atoms with van der Waals surface area (Å²) in [5.41, 5.74) is 1.45. The minimum absolute atomic E-state index is 0.113. The van der Waals surface area contributed by atoms with E-state index in [0.717, 1.165) is 11.6 Å². The number of benzene rings is 2. The number of amides is 1. The summed E-state index contributed by atoms with van der Waals surface area (Å²) >= 11 is 7.20. The second kappa shape index (κ2) is 9.42. The van der Waals surface area contributed by atoms with Crippen LogP contribution in [0.3, 0.4) is 0 Å². The Morgan fingerprint density at radius 2 is 2.12 bits per heavy atom. The van der Waals surface area contributed by atoms with E-state index in [2.05, 4.69) is 11.4 Å². The summed E-state index contributed by atoms with van der Waals surface area (Å²) in [6, 6.07) is 13.2. The van der Waals surface area contributed by atoms with Gasteiger partial charge in [-0.2, -0.15) is 17.0 Å². The van der Waals surface area contributed by atoms with Gasteiger partial charge in [0.15, 0.2) is 6.10 Å². The average Bonchev–Trinajstić information content (AvgIpc) is 2.61. The van der Waals surface area contributed by atoms with Crippen LogP contribution in [0, 0.1) is 17.1 Å². The van der Waals surface area contributed by atoms with E-state index in [1.165, 1.54) is 12.1 Å². The van der Waals surface area contributed by atoms with Crippen LogP contribution >= 0.6 is 23.4 Å². The maximum atomic E-state index is 13.7. The minimum atomic E-state index is -1.58. The smallest absolute Gasteiger partial charge is 0.253 e. The zero-order chi connectivity index (χ0) is 18.2. The number of aliphatic hydroxyl groups is 1. The Hall–Kier alpha value is -2.07. The Kier molecular flexibility index (Phi) is 7.26. The van der Waals surface area contributed by atoms with Crippen molar-refractivity contribution in [2.75, 3.05) is 12.3 Å². The third kappa shape index (κ3) is 5.46. The van der Waals surface area contributed by atoms with Gasteiger partial charge in [-0.25, -0.2) is 4.39 Å². The van der Waals surface area contributed by atoms with E-state index in [0.29, 0.717) is 23.6 Å². The van der Waals surface area contributed by atoms with Gasteiger partial charge in [0, 0.05) is 28.6 Å². The lowest BCUT2D eigenvalue weighted by atomic mass is 10.1. The van der Waals surface area contributed by atoms with Gasteiger partial charge in [-0.3, -0.25) is 4.79 Å². The molecular formula is C18H16ClFN2O2S. The van der Waals surface area contributed by atoms with Crippen LogP contribution in [-0.2, 0) is 10.5 Å². The Morgan fingerprint density at radius 1 is 1.36 bits per heavy atom. The van der Waals surface area contributed by atoms with Gasteiger partial charge >= 0.3 is 0 Å². The van der Waals surface area contributed by atoms with Crippen molar-refractivity contribution >= 4 is 29.3 Å². The Morgan fingerprint density at radius 3 is 2.84 bits per heavy atom. The van der Waals surface area contributed by atoms with Crippen molar-refractivity contribution in [2.24, 2.45) is 0 Å². The van der Waals surface area contributed by atoms with Gasteiger partial charge in [0.2, 0.25) is 0 Å². The van der Waals surface area contributed by atoms with Crippen LogP contribution < -0.4 is 5.32 Å². The molecule has 0 bridgehead atoms. The Bertz CT molecular complexity index is 795. The summed E-state index contributed by atoms with van der Waals surface area (Å²) in [5, 5.41) is 21.7. The normalized spacial score (nSPS) is 11.6. The number of nitrogens with one attached hydrogen (secondary N) is 1. The first-order valence-electron chi connectivity index (χ1n) is 7.49. The largest absolute Gasteiger partial charge is 0.378 e. The van der Waals surface area contributed by atoms with Crippen LogP contribution in [0.4, 0.5) is 4.39 Å². The lowest BCUT2D eigenvalue weighted by molar-refractivity contribution is -0.129. The monoisotopic (exact) mass is 378 g/mol. The molecule has 0 saturated carbocycles. The molecule has 0 aliphatic rings. The molecule has 0 spiro atoms. The molecule has 1 atom stereocenters. The summed E-state index contributed by atoms with van der Waals surface area (Å²) in [7, 11) is 0. The van der Waals surface area contributed by atoms with Gasteiger partial charge in [0.25, 0.3) is 5.91 Å². The van der Waals surface area contributed by atoms with Crippen molar-refractivity contribution in [3.05, 3.63) is 70.0 Å². The van der Waals surface area contributed by atoms with Crippen LogP contribution in [0.15, 0.2) is 42.5 Å². The molecule has 0 aromatic heterocycles. The van der Waals surface area contributed by atoms with E-state index in [1.54, 1.807) is 17.8 Å². The first-order chi connectivity index (χ1) is 12.0. The van der Waals surface area contributed by atoms with Crippen LogP contribution in [0.2, 0.25) is 5.02 Å². The summed E-state index contributed by atoms with van der Waals surface area (Å²) in [6.45, 7) is 0.324. The fourth-order valence-corrected chi connectivity index (χ4v) is 3.17. The Labute approximate surface area is 154 Å². The van der Waals surface area contributed by atoms with Crippen LogP contribution in [-0.4, -0.2) is 23.3 Å². The molecule has 1 amide bonds. The number of hydrogen-bond acceptors (Lipinski definition) is 4. The summed E-state index contributed by atoms with van der Waals surface area (Å²) in [6.07, 6.45) is -1.58. The van der Waals surface area contributed by atoms with Crippen molar-refractivity contribution in [2.45, 2.75) is 11.9 Å². The zero-order valence-corrected chi connectivity index (χ0v) is 14.8. The molecule has 0 aliphatic heterocycles. The number of rotatable bonds is 7. The first kappa shape index (κ1) is 19.3. The van der Waals surface area contributed by atoms with Gasteiger partial charge in [-0.15, -0.1) is 0 Å². The fourth-order valence-electron chi connectivity index (χ4n) is 2.14. The number of thioether (sulfide) groups is 1. The quantitative estimate of drug-likeness (QED) is 0.724. The number of carbonyl (C=O) groups excluding carboxylic acids is 1. The SMILES string of the molecule is N#Cc1ccccc1CSCCNC(=O)[C@H](O)c1ccc(Cl)cc1F. The van der Waals surface area contributed by atoms with Crippen LogP contribution in [0.5, 0.6) is 0 Å². The van der Waals surface area contributed by atoms with Gasteiger partial charge in [-0.05, 0) is 23.8 Å². The molecular weight excluding hydrogens is 363 g/mol. The van der Waals surface area contributed by atoms with Crippen molar-refractivity contribution in [3.8, 4) is 6.07 Å². The number of nitriles is 1. The molecule has 0 fully saturated rings. The summed E-state index contributed by atoms with van der Waals surface area (Å²) < 4.78 is 13.7. The molecule has 0 unspecified atom stereocenters. The third-order valence-electron chi connectivity index (χ3n) is 3.45. The van der Waals surface area contributed by atoms with E-state index in [4.69, 9.17) is 16.9 Å². The lowest BCUT2D eigenvalue weighted by Gasteiger charge is -2.12. The molecule has 25 heavy (non-hydrogen) atoms. The van der Waals surface area contributed by atoms with Crippen molar-refractivity contribution < 1.29 is 14.3 Å². The highest BCUT2D eigenvalue weighted by Crippen LogP contribution is 2.21. The van der Waals surface area contributed by atoms with Crippen molar-refractivity contribution in [1.29, 1.82) is 5.26 Å². The zero-order valence-electron chi connectivity index (χ0n) is 13.2. The highest BCUT2D eigenvalue weighted by Gasteiger charge is 2.20. The van der Waals surface area contributed by atoms with Gasteiger partial charge in [0.1, 0.15) is 5.82 Å². The highest BCUT2D eigenvalue weighted by molar-refractivity contribution is 7.98. The molecule has 0 heterocycles. The molecule has 7 heteroatoms. The van der Waals surface area contributed by atoms with Gasteiger partial charge in [0.05, 0.1) is 11.6 Å². The van der Waals surface area contributed by atoms with Gasteiger partial charge < -0.3 is 10.4 Å². The molecule has 2 rings (SSSR count). The minimum Gasteiger partial charge on any atom is -0.378 e. The van der Waals surface area contributed by atoms with E-state index in [9.17, 15) is 14.3 Å². The molecule has 2 aromatic carbocycles. The first-order valence-corrected chi connectivity index (χ1v) is 9.02. The predicted molar refractivity (Wildman–Crippen MR) is 96.7 cm³/mol. The van der Waals surface area contributed by atoms with E-state index < -0.39 is 17.8 Å². The molecule has 0 aliphatic carbocycles. The average molecular weight is 379 g/mol. The molecule has 130 valence electrons. The van der Waals surface area contributed by atoms with E-state index >= 15 is 0 Å². The molecule has 2 N–H and O–H groups in total. The number of carbonyl (C=O) groups is 1. The molecule has 0 saturated heterocycles. The second-order valence-corrected chi connectivity index (χ2v) is 6.72. The lowest BCUT2D eigenvalue weighted by Crippen LogP contribution is -2.31. The molecule has 0 radical (unpaired) electrons. The van der Waals surface area contributed by atoms with E-state index in [1.807, 2.05) is 18.2 Å². The Balaban J connectivity index is 1.78. The maximum absolute atomic E-state index is 13.7.